The number of nitrogens with zero attached hydrogens (tertiary/aromatic N) is 2. The van der Waals surface area contributed by atoms with Gasteiger partial charge in [-0.25, -0.2) is 0 Å². The molecule has 0 fully saturated rings. The molecule has 1 heterocycles. The number of ether oxygens (including phenoxy) is 1. The Morgan fingerprint density at radius 2 is 1.76 bits per heavy atom. The predicted molar refractivity (Wildman–Crippen MR) is 102 cm³/mol. The zero-order valence-corrected chi connectivity index (χ0v) is 15.2. The van der Waals surface area contributed by atoms with E-state index >= 15 is 0 Å². The number of thioether (sulfide) groups is 1. The summed E-state index contributed by atoms with van der Waals surface area (Å²) in [5.41, 5.74) is 1.19. The molecule has 1 aromatic heterocycles. The van der Waals surface area contributed by atoms with E-state index in [1.807, 2.05) is 48.5 Å². The fraction of sp³-hybridized carbons (Fsp3) is 0.222. The van der Waals surface area contributed by atoms with Gasteiger partial charge in [0.1, 0.15) is 12.4 Å². The van der Waals surface area contributed by atoms with Gasteiger partial charge in [0.2, 0.25) is 5.13 Å². The number of rotatable bonds is 9. The Balaban J connectivity index is 1.39. The van der Waals surface area contributed by atoms with Crippen molar-refractivity contribution >= 4 is 28.2 Å². The molecule has 0 radical (unpaired) electrons. The Kier molecular flexibility index (Phi) is 6.67. The van der Waals surface area contributed by atoms with Crippen molar-refractivity contribution in [2.75, 3.05) is 17.7 Å². The van der Waals surface area contributed by atoms with Crippen molar-refractivity contribution in [3.05, 3.63) is 66.2 Å². The molecule has 130 valence electrons. The summed E-state index contributed by atoms with van der Waals surface area (Å²) < 4.78 is 6.37. The number of hydrogen-bond acceptors (Lipinski definition) is 7. The highest BCUT2D eigenvalue weighted by atomic mass is 32.2. The minimum absolute atomic E-state index is 0.259. The topological polar surface area (TPSA) is 67.3 Å². The molecule has 0 saturated carbocycles. The molecule has 25 heavy (non-hydrogen) atoms. The van der Waals surface area contributed by atoms with E-state index in [-0.39, 0.29) is 6.61 Å². The lowest BCUT2D eigenvalue weighted by Gasteiger charge is -2.10. The van der Waals surface area contributed by atoms with Gasteiger partial charge in [-0.2, -0.15) is 0 Å². The number of anilines is 1. The smallest absolute Gasteiger partial charge is 0.206 e. The largest absolute Gasteiger partial charge is 0.491 e. The summed E-state index contributed by atoms with van der Waals surface area (Å²) in [5.74, 6) is 1.27. The zero-order chi connectivity index (χ0) is 17.3. The van der Waals surface area contributed by atoms with Crippen molar-refractivity contribution in [2.24, 2.45) is 0 Å². The minimum atomic E-state index is -0.560. The van der Waals surface area contributed by atoms with E-state index in [1.165, 1.54) is 28.7 Å². The third kappa shape index (κ3) is 6.04. The highest BCUT2D eigenvalue weighted by Crippen LogP contribution is 2.26. The van der Waals surface area contributed by atoms with Gasteiger partial charge in [0, 0.05) is 12.3 Å². The van der Waals surface area contributed by atoms with Crippen LogP contribution in [0.3, 0.4) is 0 Å². The highest BCUT2D eigenvalue weighted by Gasteiger charge is 2.10. The van der Waals surface area contributed by atoms with Crippen LogP contribution < -0.4 is 10.1 Å². The number of aromatic nitrogens is 2. The van der Waals surface area contributed by atoms with Crippen LogP contribution in [0.25, 0.3) is 0 Å². The van der Waals surface area contributed by atoms with Crippen molar-refractivity contribution < 1.29 is 9.84 Å². The molecule has 3 aromatic rings. The van der Waals surface area contributed by atoms with Gasteiger partial charge in [0.15, 0.2) is 4.34 Å². The van der Waals surface area contributed by atoms with Crippen molar-refractivity contribution in [2.45, 2.75) is 17.0 Å². The lowest BCUT2D eigenvalue weighted by atomic mass is 10.2. The fourth-order valence-corrected chi connectivity index (χ4v) is 3.72. The maximum absolute atomic E-state index is 10.0. The first-order valence-corrected chi connectivity index (χ1v) is 9.70. The number of nitrogens with one attached hydrogen (secondary N) is 1. The molecule has 2 N–H and O–H groups in total. The first kappa shape index (κ1) is 17.7. The fourth-order valence-electron chi connectivity index (χ4n) is 2.04. The SMILES string of the molecule is O[C@@H](COc1ccccc1)CSc1nnc(NCc2ccccc2)s1. The van der Waals surface area contributed by atoms with Crippen molar-refractivity contribution in [1.82, 2.24) is 10.2 Å². The minimum Gasteiger partial charge on any atom is -0.491 e. The summed E-state index contributed by atoms with van der Waals surface area (Å²) in [6.45, 7) is 0.975. The third-order valence-electron chi connectivity index (χ3n) is 3.28. The number of para-hydroxylation sites is 1. The number of aliphatic hydroxyl groups is 1. The number of aliphatic hydroxyl groups excluding tert-OH is 1. The van der Waals surface area contributed by atoms with Crippen LogP contribution in [0.2, 0.25) is 0 Å². The van der Waals surface area contributed by atoms with Crippen molar-refractivity contribution in [3.8, 4) is 5.75 Å². The molecule has 0 aliphatic carbocycles. The number of benzene rings is 2. The predicted octanol–water partition coefficient (Wildman–Crippen LogP) is 3.68. The van der Waals surface area contributed by atoms with Gasteiger partial charge >= 0.3 is 0 Å². The number of hydrogen-bond donors (Lipinski definition) is 2. The molecule has 0 aliphatic rings. The molecule has 0 unspecified atom stereocenters. The average Bonchev–Trinajstić information content (AvgIpc) is 3.13. The summed E-state index contributed by atoms with van der Waals surface area (Å²) in [7, 11) is 0. The summed E-state index contributed by atoms with van der Waals surface area (Å²) in [5, 5.41) is 22.3. The Hall–Kier alpha value is -2.09. The van der Waals surface area contributed by atoms with Crippen LogP contribution in [0.5, 0.6) is 5.75 Å². The highest BCUT2D eigenvalue weighted by molar-refractivity contribution is 8.01. The molecular weight excluding hydrogens is 354 g/mol. The van der Waals surface area contributed by atoms with Gasteiger partial charge in [-0.05, 0) is 17.7 Å². The lowest BCUT2D eigenvalue weighted by Crippen LogP contribution is -2.19. The Morgan fingerprint density at radius 1 is 1.04 bits per heavy atom. The van der Waals surface area contributed by atoms with Crippen LogP contribution in [0.4, 0.5) is 5.13 Å². The summed E-state index contributed by atoms with van der Waals surface area (Å²) >= 11 is 2.97. The summed E-state index contributed by atoms with van der Waals surface area (Å²) in [4.78, 5) is 0. The quantitative estimate of drug-likeness (QED) is 0.558. The molecule has 2 aromatic carbocycles. The second-order valence-corrected chi connectivity index (χ2v) is 7.55. The first-order valence-electron chi connectivity index (χ1n) is 7.89. The van der Waals surface area contributed by atoms with Crippen LogP contribution in [0.1, 0.15) is 5.56 Å². The molecule has 0 aliphatic heterocycles. The van der Waals surface area contributed by atoms with E-state index in [0.29, 0.717) is 12.3 Å². The van der Waals surface area contributed by atoms with Crippen molar-refractivity contribution in [1.29, 1.82) is 0 Å². The van der Waals surface area contributed by atoms with E-state index in [1.54, 1.807) is 0 Å². The van der Waals surface area contributed by atoms with E-state index in [9.17, 15) is 5.11 Å². The standard InChI is InChI=1S/C18H19N3O2S2/c22-15(12-23-16-9-5-2-6-10-16)13-24-18-21-20-17(25-18)19-11-14-7-3-1-4-8-14/h1-10,15,22H,11-13H2,(H,19,20)/t15-/m0/s1. The van der Waals surface area contributed by atoms with Gasteiger partial charge in [-0.3, -0.25) is 0 Å². The lowest BCUT2D eigenvalue weighted by molar-refractivity contribution is 0.126. The van der Waals surface area contributed by atoms with Gasteiger partial charge < -0.3 is 15.2 Å². The van der Waals surface area contributed by atoms with Crippen LogP contribution in [0, 0.1) is 0 Å². The molecule has 0 bridgehead atoms. The van der Waals surface area contributed by atoms with Crippen molar-refractivity contribution in [3.63, 3.8) is 0 Å². The second kappa shape index (κ2) is 9.41. The van der Waals surface area contributed by atoms with E-state index < -0.39 is 6.10 Å². The normalized spacial score (nSPS) is 11.9. The maximum atomic E-state index is 10.0. The Morgan fingerprint density at radius 3 is 2.52 bits per heavy atom. The van der Waals surface area contributed by atoms with Gasteiger partial charge in [-0.1, -0.05) is 71.6 Å². The molecule has 5 nitrogen and oxygen atoms in total. The third-order valence-corrected chi connectivity index (χ3v) is 5.44. The van der Waals surface area contributed by atoms with Crippen LogP contribution in [0.15, 0.2) is 65.0 Å². The average molecular weight is 374 g/mol. The molecule has 3 rings (SSSR count). The zero-order valence-electron chi connectivity index (χ0n) is 13.5. The second-order valence-electron chi connectivity index (χ2n) is 5.30. The van der Waals surface area contributed by atoms with Crippen LogP contribution in [-0.4, -0.2) is 33.8 Å². The molecule has 1 atom stereocenters. The summed E-state index contributed by atoms with van der Waals surface area (Å²) in [6.07, 6.45) is -0.560. The van der Waals surface area contributed by atoms with E-state index in [4.69, 9.17) is 4.74 Å². The molecule has 7 heteroatoms. The van der Waals surface area contributed by atoms with Gasteiger partial charge in [0.05, 0.1) is 6.10 Å². The molecule has 0 amide bonds. The molecule has 0 spiro atoms. The molecule has 0 saturated heterocycles. The first-order chi connectivity index (χ1) is 12.3. The Bertz CT molecular complexity index is 753. The van der Waals surface area contributed by atoms with Gasteiger partial charge in [-0.15, -0.1) is 10.2 Å². The van der Waals surface area contributed by atoms with Gasteiger partial charge in [0.25, 0.3) is 0 Å². The monoisotopic (exact) mass is 373 g/mol. The molecular formula is C18H19N3O2S2. The van der Waals surface area contributed by atoms with Crippen LogP contribution >= 0.6 is 23.1 Å². The van der Waals surface area contributed by atoms with E-state index in [0.717, 1.165) is 15.2 Å². The summed E-state index contributed by atoms with van der Waals surface area (Å²) in [6, 6.07) is 19.6. The van der Waals surface area contributed by atoms with E-state index in [2.05, 4.69) is 27.6 Å². The van der Waals surface area contributed by atoms with Crippen LogP contribution in [-0.2, 0) is 6.54 Å². The maximum Gasteiger partial charge on any atom is 0.206 e. The Labute approximate surface area is 155 Å².